The summed E-state index contributed by atoms with van der Waals surface area (Å²) in [5, 5.41) is 11.3. The number of carbonyl (C=O) groups is 1. The smallest absolute Gasteiger partial charge is 0.243 e. The van der Waals surface area contributed by atoms with Gasteiger partial charge in [-0.25, -0.2) is 13.1 Å². The van der Waals surface area contributed by atoms with E-state index in [4.69, 9.17) is 0 Å². The van der Waals surface area contributed by atoms with Crippen molar-refractivity contribution in [3.8, 4) is 0 Å². The molecular formula is C24H38N6O3S. The third-order valence-corrected chi connectivity index (χ3v) is 9.14. The summed E-state index contributed by atoms with van der Waals surface area (Å²) in [4.78, 5) is 15.4. The molecule has 1 aliphatic heterocycles. The van der Waals surface area contributed by atoms with Crippen molar-refractivity contribution < 1.29 is 13.2 Å². The van der Waals surface area contributed by atoms with E-state index in [0.717, 1.165) is 25.0 Å². The number of aryl methyl sites for hydroxylation is 1. The Morgan fingerprint density at radius 3 is 2.74 bits per heavy atom. The maximum Gasteiger partial charge on any atom is 0.243 e. The predicted octanol–water partition coefficient (Wildman–Crippen LogP) is 2.62. The van der Waals surface area contributed by atoms with E-state index in [0.29, 0.717) is 37.5 Å². The molecule has 1 aliphatic carbocycles. The van der Waals surface area contributed by atoms with Gasteiger partial charge in [0.15, 0.2) is 0 Å². The van der Waals surface area contributed by atoms with Gasteiger partial charge in [-0.3, -0.25) is 4.79 Å². The number of carbonyl (C=O) groups excluding carboxylic acids is 1. The monoisotopic (exact) mass is 490 g/mol. The van der Waals surface area contributed by atoms with Crippen molar-refractivity contribution in [3.05, 3.63) is 18.2 Å². The Kier molecular flexibility index (Phi) is 8.21. The number of nitrogens with one attached hydrogen (secondary N) is 1. The fraction of sp³-hybridized carbons (Fsp3) is 0.708. The van der Waals surface area contributed by atoms with Crippen LogP contribution in [-0.4, -0.2) is 77.8 Å². The first-order valence-corrected chi connectivity index (χ1v) is 14.2. The summed E-state index contributed by atoms with van der Waals surface area (Å²) in [6, 6.07) is 5.60. The van der Waals surface area contributed by atoms with Crippen LogP contribution in [-0.2, 0) is 21.4 Å². The Morgan fingerprint density at radius 1 is 1.18 bits per heavy atom. The first-order chi connectivity index (χ1) is 16.4. The van der Waals surface area contributed by atoms with Gasteiger partial charge in [0.1, 0.15) is 5.52 Å². The zero-order chi connectivity index (χ0) is 24.1. The molecule has 34 heavy (non-hydrogen) atoms. The first-order valence-electron chi connectivity index (χ1n) is 12.7. The van der Waals surface area contributed by atoms with E-state index >= 15 is 0 Å². The third kappa shape index (κ3) is 5.60. The predicted molar refractivity (Wildman–Crippen MR) is 132 cm³/mol. The largest absolute Gasteiger partial charge is 0.355 e. The highest BCUT2D eigenvalue weighted by atomic mass is 32.2. The van der Waals surface area contributed by atoms with Gasteiger partial charge in [0.2, 0.25) is 15.9 Å². The minimum atomic E-state index is -3.70. The first kappa shape index (κ1) is 25.1. The van der Waals surface area contributed by atoms with Gasteiger partial charge in [0.05, 0.1) is 16.3 Å². The molecule has 2 aliphatic rings. The number of piperidine rings is 1. The minimum absolute atomic E-state index is 0.0464. The van der Waals surface area contributed by atoms with E-state index in [2.05, 4.69) is 34.5 Å². The molecule has 1 saturated carbocycles. The number of amides is 1. The van der Waals surface area contributed by atoms with E-state index in [-0.39, 0.29) is 23.3 Å². The van der Waals surface area contributed by atoms with Crippen LogP contribution in [0.1, 0.15) is 58.3 Å². The molecule has 0 unspecified atom stereocenters. The van der Waals surface area contributed by atoms with Gasteiger partial charge in [0, 0.05) is 38.8 Å². The van der Waals surface area contributed by atoms with Crippen LogP contribution in [0.4, 0.5) is 0 Å². The third-order valence-electron chi connectivity index (χ3n) is 7.28. The molecule has 188 valence electrons. The summed E-state index contributed by atoms with van der Waals surface area (Å²) in [7, 11) is -1.57. The standard InChI is InChI=1S/C24H38N6O3S/c1-3-14-30-23-12-11-21(17-22(23)26-27-30)34(32,33)29-15-7-8-19(18-29)24(31)25-13-16-28(2)20-9-5-4-6-10-20/h11-12,17,19-20H,3-10,13-16,18H2,1-2H3,(H,25,31)/t19-/m1/s1. The van der Waals surface area contributed by atoms with Crippen LogP contribution < -0.4 is 5.32 Å². The molecule has 9 nitrogen and oxygen atoms in total. The number of fused-ring (bicyclic) bond motifs is 1. The number of benzene rings is 1. The van der Waals surface area contributed by atoms with Crippen LogP contribution in [0, 0.1) is 5.92 Å². The molecule has 1 aromatic carbocycles. The van der Waals surface area contributed by atoms with Crippen LogP contribution in [0.3, 0.4) is 0 Å². The van der Waals surface area contributed by atoms with Gasteiger partial charge in [-0.15, -0.1) is 5.10 Å². The molecule has 0 spiro atoms. The summed E-state index contributed by atoms with van der Waals surface area (Å²) < 4.78 is 29.9. The van der Waals surface area contributed by atoms with E-state index < -0.39 is 10.0 Å². The molecule has 1 amide bonds. The summed E-state index contributed by atoms with van der Waals surface area (Å²) in [6.45, 7) is 4.86. The van der Waals surface area contributed by atoms with Crippen LogP contribution in [0.15, 0.2) is 23.1 Å². The number of hydrogen-bond acceptors (Lipinski definition) is 6. The molecule has 2 fully saturated rings. The second-order valence-electron chi connectivity index (χ2n) is 9.73. The fourth-order valence-electron chi connectivity index (χ4n) is 5.22. The molecule has 1 aromatic heterocycles. The molecular weight excluding hydrogens is 452 g/mol. The maximum absolute atomic E-state index is 13.3. The van der Waals surface area contributed by atoms with Gasteiger partial charge >= 0.3 is 0 Å². The average molecular weight is 491 g/mol. The molecule has 10 heteroatoms. The number of sulfonamides is 1. The number of nitrogens with zero attached hydrogens (tertiary/aromatic N) is 5. The van der Waals surface area contributed by atoms with Crippen molar-refractivity contribution >= 4 is 27.0 Å². The highest BCUT2D eigenvalue weighted by Gasteiger charge is 2.33. The highest BCUT2D eigenvalue weighted by Crippen LogP contribution is 2.26. The quantitative estimate of drug-likeness (QED) is 0.580. The van der Waals surface area contributed by atoms with Gasteiger partial charge in [-0.2, -0.15) is 4.31 Å². The number of aromatic nitrogens is 3. The Hall–Kier alpha value is -2.04. The van der Waals surface area contributed by atoms with Crippen LogP contribution >= 0.6 is 0 Å². The summed E-state index contributed by atoms with van der Waals surface area (Å²) in [6.07, 6.45) is 8.69. The lowest BCUT2D eigenvalue weighted by atomic mass is 9.94. The normalized spacial score (nSPS) is 20.7. The van der Waals surface area contributed by atoms with Gasteiger partial charge < -0.3 is 10.2 Å². The molecule has 0 radical (unpaired) electrons. The highest BCUT2D eigenvalue weighted by molar-refractivity contribution is 7.89. The Balaban J connectivity index is 1.34. The van der Waals surface area contributed by atoms with Gasteiger partial charge in [-0.1, -0.05) is 31.4 Å². The molecule has 1 saturated heterocycles. The van der Waals surface area contributed by atoms with E-state index in [1.54, 1.807) is 22.9 Å². The number of hydrogen-bond donors (Lipinski definition) is 1. The Bertz CT molecular complexity index is 1080. The van der Waals surface area contributed by atoms with Crippen molar-refractivity contribution in [2.75, 3.05) is 33.2 Å². The minimum Gasteiger partial charge on any atom is -0.355 e. The van der Waals surface area contributed by atoms with Crippen LogP contribution in [0.2, 0.25) is 0 Å². The van der Waals surface area contributed by atoms with E-state index in [1.165, 1.54) is 36.4 Å². The van der Waals surface area contributed by atoms with Crippen molar-refractivity contribution in [2.24, 2.45) is 5.92 Å². The molecule has 1 atom stereocenters. The van der Waals surface area contributed by atoms with Crippen LogP contribution in [0.25, 0.3) is 11.0 Å². The van der Waals surface area contributed by atoms with Crippen LogP contribution in [0.5, 0.6) is 0 Å². The van der Waals surface area contributed by atoms with Crippen molar-refractivity contribution in [2.45, 2.75) is 75.8 Å². The number of likely N-dealkylation sites (N-methyl/N-ethyl adjacent to an activating group) is 1. The zero-order valence-corrected chi connectivity index (χ0v) is 21.3. The van der Waals surface area contributed by atoms with Crippen molar-refractivity contribution in [1.82, 2.24) is 29.5 Å². The van der Waals surface area contributed by atoms with Crippen molar-refractivity contribution in [1.29, 1.82) is 0 Å². The molecule has 2 aromatic rings. The molecule has 1 N–H and O–H groups in total. The maximum atomic E-state index is 13.3. The van der Waals surface area contributed by atoms with Gasteiger partial charge in [-0.05, 0) is 57.4 Å². The van der Waals surface area contributed by atoms with E-state index in [9.17, 15) is 13.2 Å². The zero-order valence-electron chi connectivity index (χ0n) is 20.4. The number of rotatable bonds is 9. The lowest BCUT2D eigenvalue weighted by Crippen LogP contribution is -2.47. The molecule has 0 bridgehead atoms. The average Bonchev–Trinajstić information content (AvgIpc) is 3.27. The summed E-state index contributed by atoms with van der Waals surface area (Å²) in [5.41, 5.74) is 1.40. The van der Waals surface area contributed by atoms with E-state index in [1.807, 2.05) is 0 Å². The lowest BCUT2D eigenvalue weighted by molar-refractivity contribution is -0.126. The Labute approximate surface area is 202 Å². The molecule has 2 heterocycles. The summed E-state index contributed by atoms with van der Waals surface area (Å²) in [5.74, 6) is -0.368. The molecule has 4 rings (SSSR count). The van der Waals surface area contributed by atoms with Gasteiger partial charge in [0.25, 0.3) is 0 Å². The summed E-state index contributed by atoms with van der Waals surface area (Å²) >= 11 is 0. The van der Waals surface area contributed by atoms with Crippen molar-refractivity contribution in [3.63, 3.8) is 0 Å². The second-order valence-corrected chi connectivity index (χ2v) is 11.7. The topological polar surface area (TPSA) is 100 Å². The second kappa shape index (κ2) is 11.1. The SMILES string of the molecule is CCCn1nnc2cc(S(=O)(=O)N3CCC[C@@H](C(=O)NCCN(C)C4CCCCC4)C3)ccc21. The lowest BCUT2D eigenvalue weighted by Gasteiger charge is -2.32. The Morgan fingerprint density at radius 2 is 1.97 bits per heavy atom. The fourth-order valence-corrected chi connectivity index (χ4v) is 6.76.